The van der Waals surface area contributed by atoms with Gasteiger partial charge in [0, 0.05) is 29.8 Å². The third-order valence-corrected chi connectivity index (χ3v) is 3.17. The summed E-state index contributed by atoms with van der Waals surface area (Å²) >= 11 is 0. The zero-order valence-corrected chi connectivity index (χ0v) is 8.56. The summed E-state index contributed by atoms with van der Waals surface area (Å²) in [6.45, 7) is 0. The van der Waals surface area contributed by atoms with Gasteiger partial charge in [-0.3, -0.25) is 4.98 Å². The Morgan fingerprint density at radius 3 is 3.07 bits per heavy atom. The summed E-state index contributed by atoms with van der Waals surface area (Å²) in [4.78, 5) is 8.34. The zero-order valence-electron chi connectivity index (χ0n) is 8.56. The van der Waals surface area contributed by atoms with Crippen LogP contribution in [0.5, 0.6) is 0 Å². The van der Waals surface area contributed by atoms with Crippen LogP contribution in [0.2, 0.25) is 0 Å². The normalized spacial score (nSPS) is 18.2. The minimum atomic E-state index is 0.122. The van der Waals surface area contributed by atoms with Crippen LogP contribution in [0.1, 0.15) is 25.0 Å². The molecule has 4 heteroatoms. The Bertz CT molecular complexity index is 484. The molecule has 0 amide bonds. The Hall–Kier alpha value is -1.42. The van der Waals surface area contributed by atoms with E-state index < -0.39 is 0 Å². The molecule has 2 N–H and O–H groups in total. The molecule has 0 unspecified atom stereocenters. The first-order chi connectivity index (χ1) is 7.27. The van der Waals surface area contributed by atoms with Gasteiger partial charge in [-0.2, -0.15) is 0 Å². The van der Waals surface area contributed by atoms with Gasteiger partial charge in [0.25, 0.3) is 0 Å². The predicted octanol–water partition coefficient (Wildman–Crippen LogP) is 1.15. The maximum absolute atomic E-state index is 6.07. The third kappa shape index (κ3) is 1.61. The molecule has 2 heterocycles. The van der Waals surface area contributed by atoms with E-state index in [1.54, 1.807) is 12.4 Å². The molecule has 2 aromatic heterocycles. The van der Waals surface area contributed by atoms with Crippen LogP contribution >= 0.6 is 0 Å². The first-order valence-corrected chi connectivity index (χ1v) is 5.32. The van der Waals surface area contributed by atoms with E-state index in [0.29, 0.717) is 0 Å². The SMILES string of the molecule is NC1(CCc2cnc3cnccn23)CC1. The van der Waals surface area contributed by atoms with Gasteiger partial charge in [-0.25, -0.2) is 4.98 Å². The summed E-state index contributed by atoms with van der Waals surface area (Å²) < 4.78 is 2.08. The molecule has 0 aliphatic heterocycles. The van der Waals surface area contributed by atoms with Crippen molar-refractivity contribution < 1.29 is 0 Å². The van der Waals surface area contributed by atoms with Crippen molar-refractivity contribution in [2.45, 2.75) is 31.2 Å². The molecule has 0 bridgehead atoms. The molecule has 78 valence electrons. The van der Waals surface area contributed by atoms with E-state index in [0.717, 1.165) is 18.5 Å². The zero-order chi connectivity index (χ0) is 10.3. The van der Waals surface area contributed by atoms with Gasteiger partial charge in [0.1, 0.15) is 0 Å². The maximum Gasteiger partial charge on any atom is 0.155 e. The molecule has 15 heavy (non-hydrogen) atoms. The van der Waals surface area contributed by atoms with Crippen molar-refractivity contribution in [3.8, 4) is 0 Å². The smallest absolute Gasteiger partial charge is 0.155 e. The first kappa shape index (κ1) is 8.85. The number of imidazole rings is 1. The summed E-state index contributed by atoms with van der Waals surface area (Å²) in [6.07, 6.45) is 11.8. The van der Waals surface area contributed by atoms with Crippen LogP contribution in [0.15, 0.2) is 24.8 Å². The number of hydrogen-bond acceptors (Lipinski definition) is 3. The molecule has 3 rings (SSSR count). The second kappa shape index (κ2) is 3.03. The highest BCUT2D eigenvalue weighted by Crippen LogP contribution is 2.36. The third-order valence-electron chi connectivity index (χ3n) is 3.17. The molecular weight excluding hydrogens is 188 g/mol. The van der Waals surface area contributed by atoms with Crippen molar-refractivity contribution in [2.24, 2.45) is 5.73 Å². The van der Waals surface area contributed by atoms with Gasteiger partial charge in [-0.1, -0.05) is 0 Å². The fourth-order valence-electron chi connectivity index (χ4n) is 1.87. The Kier molecular flexibility index (Phi) is 1.79. The van der Waals surface area contributed by atoms with Crippen LogP contribution in [-0.2, 0) is 6.42 Å². The second-order valence-electron chi connectivity index (χ2n) is 4.42. The summed E-state index contributed by atoms with van der Waals surface area (Å²) in [5, 5.41) is 0. The first-order valence-electron chi connectivity index (χ1n) is 5.32. The molecule has 1 saturated carbocycles. The quantitative estimate of drug-likeness (QED) is 0.812. The number of rotatable bonds is 3. The van der Waals surface area contributed by atoms with Crippen LogP contribution in [0.25, 0.3) is 5.65 Å². The number of nitrogens with zero attached hydrogens (tertiary/aromatic N) is 3. The number of hydrogen-bond donors (Lipinski definition) is 1. The van der Waals surface area contributed by atoms with E-state index in [9.17, 15) is 0 Å². The molecule has 1 aliphatic carbocycles. The highest BCUT2D eigenvalue weighted by atomic mass is 15.0. The van der Waals surface area contributed by atoms with Crippen molar-refractivity contribution in [2.75, 3.05) is 0 Å². The number of aryl methyl sites for hydroxylation is 1. The molecule has 1 fully saturated rings. The van der Waals surface area contributed by atoms with Gasteiger partial charge >= 0.3 is 0 Å². The highest BCUT2D eigenvalue weighted by molar-refractivity contribution is 5.37. The fourth-order valence-corrected chi connectivity index (χ4v) is 1.87. The molecule has 0 aromatic carbocycles. The van der Waals surface area contributed by atoms with Crippen molar-refractivity contribution in [3.63, 3.8) is 0 Å². The lowest BCUT2D eigenvalue weighted by Gasteiger charge is -2.07. The monoisotopic (exact) mass is 202 g/mol. The molecule has 0 atom stereocenters. The fraction of sp³-hybridized carbons (Fsp3) is 0.455. The number of nitrogens with two attached hydrogens (primary N) is 1. The van der Waals surface area contributed by atoms with Gasteiger partial charge in [-0.15, -0.1) is 0 Å². The lowest BCUT2D eigenvalue weighted by molar-refractivity contribution is 0.601. The predicted molar refractivity (Wildman–Crippen MR) is 57.5 cm³/mol. The Morgan fingerprint density at radius 1 is 1.40 bits per heavy atom. The van der Waals surface area contributed by atoms with Crippen molar-refractivity contribution in [1.82, 2.24) is 14.4 Å². The van der Waals surface area contributed by atoms with Crippen molar-refractivity contribution in [1.29, 1.82) is 0 Å². The molecule has 0 radical (unpaired) electrons. The molecular formula is C11H14N4. The standard InChI is InChI=1S/C11H14N4/c12-11(3-4-11)2-1-9-7-14-10-8-13-5-6-15(9)10/h5-8H,1-4,12H2. The van der Waals surface area contributed by atoms with Crippen LogP contribution in [0.4, 0.5) is 0 Å². The number of aromatic nitrogens is 3. The van der Waals surface area contributed by atoms with E-state index >= 15 is 0 Å². The van der Waals surface area contributed by atoms with E-state index in [2.05, 4.69) is 14.4 Å². The van der Waals surface area contributed by atoms with Gasteiger partial charge in [0.15, 0.2) is 5.65 Å². The Balaban J connectivity index is 1.84. The number of fused-ring (bicyclic) bond motifs is 1. The Morgan fingerprint density at radius 2 is 2.27 bits per heavy atom. The van der Waals surface area contributed by atoms with Gasteiger partial charge < -0.3 is 10.1 Å². The molecule has 1 aliphatic rings. The van der Waals surface area contributed by atoms with Gasteiger partial charge in [0.2, 0.25) is 0 Å². The molecule has 2 aromatic rings. The van der Waals surface area contributed by atoms with Gasteiger partial charge in [0.05, 0.1) is 6.20 Å². The van der Waals surface area contributed by atoms with Crippen molar-refractivity contribution >= 4 is 5.65 Å². The summed E-state index contributed by atoms with van der Waals surface area (Å²) in [5.41, 5.74) is 8.32. The minimum absolute atomic E-state index is 0.122. The topological polar surface area (TPSA) is 56.2 Å². The summed E-state index contributed by atoms with van der Waals surface area (Å²) in [5.74, 6) is 0. The summed E-state index contributed by atoms with van der Waals surface area (Å²) in [6, 6.07) is 0. The van der Waals surface area contributed by atoms with Crippen LogP contribution < -0.4 is 5.73 Å². The Labute approximate surface area is 88.1 Å². The van der Waals surface area contributed by atoms with Crippen LogP contribution in [0.3, 0.4) is 0 Å². The molecule has 0 spiro atoms. The largest absolute Gasteiger partial charge is 0.325 e. The van der Waals surface area contributed by atoms with E-state index in [4.69, 9.17) is 5.73 Å². The van der Waals surface area contributed by atoms with Crippen LogP contribution in [-0.4, -0.2) is 19.9 Å². The summed E-state index contributed by atoms with van der Waals surface area (Å²) in [7, 11) is 0. The second-order valence-corrected chi connectivity index (χ2v) is 4.42. The van der Waals surface area contributed by atoms with Crippen molar-refractivity contribution in [3.05, 3.63) is 30.5 Å². The van der Waals surface area contributed by atoms with E-state index in [1.807, 2.05) is 12.4 Å². The molecule has 4 nitrogen and oxygen atoms in total. The van der Waals surface area contributed by atoms with Crippen LogP contribution in [0, 0.1) is 0 Å². The van der Waals surface area contributed by atoms with E-state index in [-0.39, 0.29) is 5.54 Å². The highest BCUT2D eigenvalue weighted by Gasteiger charge is 2.37. The minimum Gasteiger partial charge on any atom is -0.325 e. The van der Waals surface area contributed by atoms with Gasteiger partial charge in [-0.05, 0) is 25.7 Å². The van der Waals surface area contributed by atoms with E-state index in [1.165, 1.54) is 18.5 Å². The lowest BCUT2D eigenvalue weighted by Crippen LogP contribution is -2.22. The lowest BCUT2D eigenvalue weighted by atomic mass is 10.1. The average molecular weight is 202 g/mol. The molecule has 0 saturated heterocycles. The average Bonchev–Trinajstić information content (AvgIpc) is 2.86. The maximum atomic E-state index is 6.07.